The molecule has 1 aromatic heterocycles. The highest BCUT2D eigenvalue weighted by atomic mass is 16.3. The van der Waals surface area contributed by atoms with Crippen molar-refractivity contribution in [3.8, 4) is 11.1 Å². The molecule has 3 heteroatoms. The van der Waals surface area contributed by atoms with Crippen LogP contribution in [-0.4, -0.2) is 23.2 Å². The van der Waals surface area contributed by atoms with Crippen LogP contribution >= 0.6 is 0 Å². The van der Waals surface area contributed by atoms with Crippen LogP contribution in [-0.2, 0) is 6.61 Å². The van der Waals surface area contributed by atoms with Gasteiger partial charge in [0.2, 0.25) is 0 Å². The number of rotatable bonds is 3. The summed E-state index contributed by atoms with van der Waals surface area (Å²) in [6.45, 7) is 2.26. The van der Waals surface area contributed by atoms with Crippen molar-refractivity contribution in [1.82, 2.24) is 10.3 Å². The molecule has 1 aliphatic rings. The number of aromatic nitrogens is 1. The van der Waals surface area contributed by atoms with Crippen molar-refractivity contribution < 1.29 is 5.11 Å². The molecule has 0 spiro atoms. The van der Waals surface area contributed by atoms with Gasteiger partial charge in [-0.2, -0.15) is 0 Å². The van der Waals surface area contributed by atoms with Gasteiger partial charge in [0.1, 0.15) is 0 Å². The number of pyridine rings is 1. The van der Waals surface area contributed by atoms with Crippen molar-refractivity contribution in [2.75, 3.05) is 13.1 Å². The standard InChI is InChI=1S/C17H20N2O/c20-12-13-1-3-14(4-2-13)16-7-10-19-17(11-16)15-5-8-18-9-6-15/h1-4,7,10-11,15,18,20H,5-6,8-9,12H2. The molecular formula is C17H20N2O. The molecule has 104 valence electrons. The summed E-state index contributed by atoms with van der Waals surface area (Å²) in [5.41, 5.74) is 4.54. The average molecular weight is 268 g/mol. The number of hydrogen-bond acceptors (Lipinski definition) is 3. The Hall–Kier alpha value is -1.71. The number of piperidine rings is 1. The van der Waals surface area contributed by atoms with E-state index in [2.05, 4.69) is 34.6 Å². The summed E-state index contributed by atoms with van der Waals surface area (Å²) in [6.07, 6.45) is 4.24. The van der Waals surface area contributed by atoms with Gasteiger partial charge in [0.15, 0.2) is 0 Å². The van der Waals surface area contributed by atoms with Gasteiger partial charge < -0.3 is 10.4 Å². The smallest absolute Gasteiger partial charge is 0.0681 e. The Morgan fingerprint density at radius 1 is 1.05 bits per heavy atom. The summed E-state index contributed by atoms with van der Waals surface area (Å²) in [4.78, 5) is 4.55. The molecule has 3 nitrogen and oxygen atoms in total. The van der Waals surface area contributed by atoms with Crippen molar-refractivity contribution in [2.24, 2.45) is 0 Å². The Balaban J connectivity index is 1.85. The molecule has 0 aliphatic carbocycles. The maximum absolute atomic E-state index is 9.10. The Morgan fingerprint density at radius 2 is 1.80 bits per heavy atom. The molecule has 1 aromatic carbocycles. The molecule has 0 radical (unpaired) electrons. The third-order valence-corrected chi connectivity index (χ3v) is 4.01. The highest BCUT2D eigenvalue weighted by molar-refractivity contribution is 5.63. The predicted octanol–water partition coefficient (Wildman–Crippen LogP) is 2.71. The topological polar surface area (TPSA) is 45.2 Å². The van der Waals surface area contributed by atoms with E-state index in [1.165, 1.54) is 29.7 Å². The molecule has 3 rings (SSSR count). The zero-order valence-electron chi connectivity index (χ0n) is 11.5. The lowest BCUT2D eigenvalue weighted by atomic mass is 9.92. The van der Waals surface area contributed by atoms with Crippen molar-refractivity contribution >= 4 is 0 Å². The van der Waals surface area contributed by atoms with Gasteiger partial charge in [0.05, 0.1) is 6.61 Å². The van der Waals surface area contributed by atoms with Gasteiger partial charge >= 0.3 is 0 Å². The highest BCUT2D eigenvalue weighted by Gasteiger charge is 2.16. The van der Waals surface area contributed by atoms with E-state index in [-0.39, 0.29) is 6.61 Å². The molecule has 0 saturated carbocycles. The zero-order valence-corrected chi connectivity index (χ0v) is 11.5. The van der Waals surface area contributed by atoms with E-state index >= 15 is 0 Å². The van der Waals surface area contributed by atoms with Crippen molar-refractivity contribution in [1.29, 1.82) is 0 Å². The minimum atomic E-state index is 0.0942. The van der Waals surface area contributed by atoms with Gasteiger partial charge in [-0.25, -0.2) is 0 Å². The fourth-order valence-corrected chi connectivity index (χ4v) is 2.77. The monoisotopic (exact) mass is 268 g/mol. The van der Waals surface area contributed by atoms with Crippen LogP contribution < -0.4 is 5.32 Å². The van der Waals surface area contributed by atoms with E-state index in [1.807, 2.05) is 18.3 Å². The van der Waals surface area contributed by atoms with Crippen molar-refractivity contribution in [3.63, 3.8) is 0 Å². The Bertz CT molecular complexity index is 559. The largest absolute Gasteiger partial charge is 0.392 e. The molecular weight excluding hydrogens is 248 g/mol. The molecule has 0 bridgehead atoms. The lowest BCUT2D eigenvalue weighted by molar-refractivity contribution is 0.282. The van der Waals surface area contributed by atoms with Gasteiger partial charge in [-0.05, 0) is 54.8 Å². The first-order valence-corrected chi connectivity index (χ1v) is 7.23. The number of hydrogen-bond donors (Lipinski definition) is 2. The minimum Gasteiger partial charge on any atom is -0.392 e. The summed E-state index contributed by atoms with van der Waals surface area (Å²) in [5.74, 6) is 0.577. The van der Waals surface area contributed by atoms with Gasteiger partial charge in [-0.3, -0.25) is 4.98 Å². The SMILES string of the molecule is OCc1ccc(-c2ccnc(C3CCNCC3)c2)cc1. The average Bonchev–Trinajstić information content (AvgIpc) is 2.56. The van der Waals surface area contributed by atoms with Crippen LogP contribution in [0.4, 0.5) is 0 Å². The van der Waals surface area contributed by atoms with Gasteiger partial charge in [0, 0.05) is 17.8 Å². The summed E-state index contributed by atoms with van der Waals surface area (Å²) in [5, 5.41) is 12.5. The maximum Gasteiger partial charge on any atom is 0.0681 e. The van der Waals surface area contributed by atoms with Crippen molar-refractivity contribution in [3.05, 3.63) is 53.9 Å². The lowest BCUT2D eigenvalue weighted by Gasteiger charge is -2.22. The molecule has 1 fully saturated rings. The first-order valence-electron chi connectivity index (χ1n) is 7.23. The van der Waals surface area contributed by atoms with Gasteiger partial charge in [-0.15, -0.1) is 0 Å². The van der Waals surface area contributed by atoms with Crippen LogP contribution in [0.2, 0.25) is 0 Å². The first-order chi connectivity index (χ1) is 9.86. The summed E-state index contributed by atoms with van der Waals surface area (Å²) >= 11 is 0. The molecule has 0 unspecified atom stereocenters. The first kappa shape index (κ1) is 13.3. The van der Waals surface area contributed by atoms with E-state index in [1.54, 1.807) is 0 Å². The molecule has 2 heterocycles. The summed E-state index contributed by atoms with van der Waals surface area (Å²) in [7, 11) is 0. The number of benzene rings is 1. The van der Waals surface area contributed by atoms with E-state index in [9.17, 15) is 0 Å². The van der Waals surface area contributed by atoms with Gasteiger partial charge in [0.25, 0.3) is 0 Å². The molecule has 2 N–H and O–H groups in total. The van der Waals surface area contributed by atoms with E-state index < -0.39 is 0 Å². The third kappa shape index (κ3) is 2.89. The zero-order chi connectivity index (χ0) is 13.8. The number of aliphatic hydroxyl groups excluding tert-OH is 1. The summed E-state index contributed by atoms with van der Waals surface area (Å²) < 4.78 is 0. The Labute approximate surface area is 119 Å². The minimum absolute atomic E-state index is 0.0942. The lowest BCUT2D eigenvalue weighted by Crippen LogP contribution is -2.27. The van der Waals surface area contributed by atoms with Crippen LogP contribution in [0.1, 0.15) is 30.0 Å². The van der Waals surface area contributed by atoms with E-state index in [0.29, 0.717) is 5.92 Å². The fourth-order valence-electron chi connectivity index (χ4n) is 2.77. The second-order valence-electron chi connectivity index (χ2n) is 5.35. The molecule has 0 amide bonds. The highest BCUT2D eigenvalue weighted by Crippen LogP contribution is 2.27. The Morgan fingerprint density at radius 3 is 2.50 bits per heavy atom. The second-order valence-corrected chi connectivity index (χ2v) is 5.35. The third-order valence-electron chi connectivity index (χ3n) is 4.01. The number of aliphatic hydroxyl groups is 1. The molecule has 0 atom stereocenters. The number of nitrogens with zero attached hydrogens (tertiary/aromatic N) is 1. The van der Waals surface area contributed by atoms with Crippen LogP contribution in [0.25, 0.3) is 11.1 Å². The van der Waals surface area contributed by atoms with Crippen LogP contribution in [0.15, 0.2) is 42.6 Å². The molecule has 1 aliphatic heterocycles. The van der Waals surface area contributed by atoms with Crippen LogP contribution in [0, 0.1) is 0 Å². The van der Waals surface area contributed by atoms with E-state index in [0.717, 1.165) is 18.7 Å². The van der Waals surface area contributed by atoms with Crippen molar-refractivity contribution in [2.45, 2.75) is 25.4 Å². The predicted molar refractivity (Wildman–Crippen MR) is 80.4 cm³/mol. The number of nitrogens with one attached hydrogen (secondary N) is 1. The quantitative estimate of drug-likeness (QED) is 0.899. The summed E-state index contributed by atoms with van der Waals surface area (Å²) in [6, 6.07) is 12.3. The van der Waals surface area contributed by atoms with E-state index in [4.69, 9.17) is 5.11 Å². The molecule has 20 heavy (non-hydrogen) atoms. The fraction of sp³-hybridized carbons (Fsp3) is 0.353. The Kier molecular flexibility index (Phi) is 4.09. The van der Waals surface area contributed by atoms with Crippen LogP contribution in [0.3, 0.4) is 0 Å². The normalized spacial score (nSPS) is 16.2. The van der Waals surface area contributed by atoms with Crippen LogP contribution in [0.5, 0.6) is 0 Å². The van der Waals surface area contributed by atoms with Gasteiger partial charge in [-0.1, -0.05) is 24.3 Å². The molecule has 1 saturated heterocycles. The molecule has 2 aromatic rings. The second kappa shape index (κ2) is 6.16. The maximum atomic E-state index is 9.10.